The monoisotopic (exact) mass is 232 g/mol. The summed E-state index contributed by atoms with van der Waals surface area (Å²) in [7, 11) is 1.90. The first-order valence-corrected chi connectivity index (χ1v) is 6.22. The van der Waals surface area contributed by atoms with Crippen molar-refractivity contribution >= 4 is 16.5 Å². The summed E-state index contributed by atoms with van der Waals surface area (Å²) < 4.78 is 0. The Labute approximate surface area is 100 Å². The molecule has 1 heterocycles. The first kappa shape index (κ1) is 11.1. The molecule has 0 atom stereocenters. The number of benzene rings is 1. The minimum atomic E-state index is 0.965. The molecule has 0 bridgehead atoms. The zero-order valence-corrected chi connectivity index (χ0v) is 10.9. The van der Waals surface area contributed by atoms with Gasteiger partial charge in [0.25, 0.3) is 0 Å². The highest BCUT2D eigenvalue weighted by atomic mass is 32.1. The summed E-state index contributed by atoms with van der Waals surface area (Å²) in [5.74, 6) is 0. The standard InChI is InChI=1S/C13H16N2S/c1-8-5-6-11(10(3)9(8)2)12-7-16-13(14-4)15-12/h5-7H,1-4H3,(H,14,15). The summed E-state index contributed by atoms with van der Waals surface area (Å²) in [4.78, 5) is 4.54. The van der Waals surface area contributed by atoms with Crippen LogP contribution < -0.4 is 5.32 Å². The molecule has 0 aliphatic rings. The van der Waals surface area contributed by atoms with Gasteiger partial charge in [-0.1, -0.05) is 12.1 Å². The number of hydrogen-bond acceptors (Lipinski definition) is 3. The summed E-state index contributed by atoms with van der Waals surface area (Å²) in [5, 5.41) is 6.14. The summed E-state index contributed by atoms with van der Waals surface area (Å²) in [6, 6.07) is 4.32. The van der Waals surface area contributed by atoms with Crippen LogP contribution in [0.5, 0.6) is 0 Å². The smallest absolute Gasteiger partial charge is 0.182 e. The van der Waals surface area contributed by atoms with Crippen LogP contribution in [-0.2, 0) is 0 Å². The fraction of sp³-hybridized carbons (Fsp3) is 0.308. The normalized spacial score (nSPS) is 10.5. The topological polar surface area (TPSA) is 24.9 Å². The Morgan fingerprint density at radius 3 is 2.50 bits per heavy atom. The van der Waals surface area contributed by atoms with E-state index >= 15 is 0 Å². The highest BCUT2D eigenvalue weighted by Crippen LogP contribution is 2.29. The van der Waals surface area contributed by atoms with E-state index < -0.39 is 0 Å². The fourth-order valence-corrected chi connectivity index (χ4v) is 2.42. The van der Waals surface area contributed by atoms with E-state index in [4.69, 9.17) is 0 Å². The Kier molecular flexibility index (Phi) is 2.97. The molecule has 0 radical (unpaired) electrons. The van der Waals surface area contributed by atoms with Crippen LogP contribution >= 0.6 is 11.3 Å². The van der Waals surface area contributed by atoms with E-state index in [1.807, 2.05) is 7.05 Å². The SMILES string of the molecule is CNc1nc(-c2ccc(C)c(C)c2C)cs1. The summed E-state index contributed by atoms with van der Waals surface area (Å²) in [6.45, 7) is 6.47. The largest absolute Gasteiger partial charge is 0.365 e. The van der Waals surface area contributed by atoms with Crippen LogP contribution in [0.1, 0.15) is 16.7 Å². The van der Waals surface area contributed by atoms with Gasteiger partial charge < -0.3 is 5.32 Å². The van der Waals surface area contributed by atoms with Crippen LogP contribution in [0.2, 0.25) is 0 Å². The maximum atomic E-state index is 4.54. The molecule has 0 unspecified atom stereocenters. The highest BCUT2D eigenvalue weighted by molar-refractivity contribution is 7.14. The van der Waals surface area contributed by atoms with E-state index in [1.165, 1.54) is 22.3 Å². The molecule has 1 aromatic carbocycles. The average molecular weight is 232 g/mol. The Morgan fingerprint density at radius 1 is 1.12 bits per heavy atom. The van der Waals surface area contributed by atoms with Gasteiger partial charge in [-0.3, -0.25) is 0 Å². The molecule has 0 fully saturated rings. The molecule has 1 aromatic heterocycles. The molecule has 16 heavy (non-hydrogen) atoms. The van der Waals surface area contributed by atoms with E-state index in [0.29, 0.717) is 0 Å². The second-order valence-electron chi connectivity index (χ2n) is 3.97. The zero-order valence-electron chi connectivity index (χ0n) is 10.1. The van der Waals surface area contributed by atoms with Gasteiger partial charge in [0, 0.05) is 18.0 Å². The average Bonchev–Trinajstić information content (AvgIpc) is 2.74. The molecule has 0 aliphatic carbocycles. The lowest BCUT2D eigenvalue weighted by atomic mass is 9.97. The predicted molar refractivity (Wildman–Crippen MR) is 71.3 cm³/mol. The van der Waals surface area contributed by atoms with Gasteiger partial charge in [0.05, 0.1) is 5.69 Å². The quantitative estimate of drug-likeness (QED) is 0.852. The molecule has 2 aromatic rings. The number of hydrogen-bond donors (Lipinski definition) is 1. The minimum absolute atomic E-state index is 0.965. The van der Waals surface area contributed by atoms with Crippen molar-refractivity contribution in [1.29, 1.82) is 0 Å². The number of aryl methyl sites for hydroxylation is 1. The maximum absolute atomic E-state index is 4.54. The molecule has 2 nitrogen and oxygen atoms in total. The van der Waals surface area contributed by atoms with Crippen molar-refractivity contribution in [3.05, 3.63) is 34.2 Å². The van der Waals surface area contributed by atoms with Crippen LogP contribution in [0.25, 0.3) is 11.3 Å². The Morgan fingerprint density at radius 2 is 1.88 bits per heavy atom. The van der Waals surface area contributed by atoms with Gasteiger partial charge in [0.15, 0.2) is 5.13 Å². The van der Waals surface area contributed by atoms with Gasteiger partial charge in [0.2, 0.25) is 0 Å². The molecule has 3 heteroatoms. The third kappa shape index (κ3) is 1.83. The molecule has 0 saturated carbocycles. The molecular formula is C13H16N2S. The van der Waals surface area contributed by atoms with Crippen molar-refractivity contribution in [2.45, 2.75) is 20.8 Å². The Bertz CT molecular complexity index is 515. The third-order valence-corrected chi connectivity index (χ3v) is 3.91. The van der Waals surface area contributed by atoms with Gasteiger partial charge >= 0.3 is 0 Å². The summed E-state index contributed by atoms with van der Waals surface area (Å²) in [5.41, 5.74) is 6.32. The number of nitrogens with zero attached hydrogens (tertiary/aromatic N) is 1. The van der Waals surface area contributed by atoms with Crippen molar-refractivity contribution in [2.75, 3.05) is 12.4 Å². The number of nitrogens with one attached hydrogen (secondary N) is 1. The molecule has 0 aliphatic heterocycles. The molecule has 2 rings (SSSR count). The van der Waals surface area contributed by atoms with Crippen LogP contribution in [0.3, 0.4) is 0 Å². The van der Waals surface area contributed by atoms with Crippen molar-refractivity contribution in [3.8, 4) is 11.3 Å². The van der Waals surface area contributed by atoms with Crippen LogP contribution in [0, 0.1) is 20.8 Å². The molecular weight excluding hydrogens is 216 g/mol. The predicted octanol–water partition coefficient (Wildman–Crippen LogP) is 3.78. The second kappa shape index (κ2) is 4.26. The molecule has 84 valence electrons. The maximum Gasteiger partial charge on any atom is 0.182 e. The second-order valence-corrected chi connectivity index (χ2v) is 4.83. The molecule has 0 saturated heterocycles. The lowest BCUT2D eigenvalue weighted by molar-refractivity contribution is 1.25. The minimum Gasteiger partial charge on any atom is -0.365 e. The molecule has 0 spiro atoms. The van der Waals surface area contributed by atoms with Gasteiger partial charge in [-0.15, -0.1) is 11.3 Å². The van der Waals surface area contributed by atoms with Crippen molar-refractivity contribution in [2.24, 2.45) is 0 Å². The van der Waals surface area contributed by atoms with Crippen LogP contribution in [-0.4, -0.2) is 12.0 Å². The molecule has 0 amide bonds. The van der Waals surface area contributed by atoms with E-state index in [9.17, 15) is 0 Å². The summed E-state index contributed by atoms with van der Waals surface area (Å²) in [6.07, 6.45) is 0. The van der Waals surface area contributed by atoms with E-state index in [0.717, 1.165) is 10.8 Å². The Balaban J connectivity index is 2.52. The fourth-order valence-electron chi connectivity index (χ4n) is 1.75. The van der Waals surface area contributed by atoms with Crippen molar-refractivity contribution < 1.29 is 0 Å². The summed E-state index contributed by atoms with van der Waals surface area (Å²) >= 11 is 1.64. The van der Waals surface area contributed by atoms with Crippen molar-refractivity contribution in [3.63, 3.8) is 0 Å². The number of thiazole rings is 1. The zero-order chi connectivity index (χ0) is 11.7. The van der Waals surface area contributed by atoms with Gasteiger partial charge in [-0.2, -0.15) is 0 Å². The third-order valence-electron chi connectivity index (χ3n) is 3.05. The lowest BCUT2D eigenvalue weighted by Gasteiger charge is -2.09. The van der Waals surface area contributed by atoms with Gasteiger partial charge in [-0.25, -0.2) is 4.98 Å². The van der Waals surface area contributed by atoms with E-state index in [-0.39, 0.29) is 0 Å². The van der Waals surface area contributed by atoms with Gasteiger partial charge in [0.1, 0.15) is 0 Å². The first-order valence-electron chi connectivity index (χ1n) is 5.34. The number of aromatic nitrogens is 1. The van der Waals surface area contributed by atoms with Gasteiger partial charge in [-0.05, 0) is 37.5 Å². The Hall–Kier alpha value is -1.35. The number of anilines is 1. The van der Waals surface area contributed by atoms with Crippen molar-refractivity contribution in [1.82, 2.24) is 4.98 Å². The molecule has 1 N–H and O–H groups in total. The highest BCUT2D eigenvalue weighted by Gasteiger charge is 2.09. The van der Waals surface area contributed by atoms with Crippen LogP contribution in [0.4, 0.5) is 5.13 Å². The lowest BCUT2D eigenvalue weighted by Crippen LogP contribution is -1.91. The van der Waals surface area contributed by atoms with Crippen LogP contribution in [0.15, 0.2) is 17.5 Å². The van der Waals surface area contributed by atoms with E-state index in [2.05, 4.69) is 48.6 Å². The first-order chi connectivity index (χ1) is 7.63. The number of rotatable bonds is 2. The van der Waals surface area contributed by atoms with E-state index in [1.54, 1.807) is 11.3 Å².